The first-order chi connectivity index (χ1) is 10.1. The van der Waals surface area contributed by atoms with Crippen LogP contribution < -0.4 is 0 Å². The van der Waals surface area contributed by atoms with Gasteiger partial charge in [-0.05, 0) is 56.1 Å². The Morgan fingerprint density at radius 3 is 2.90 bits per heavy atom. The van der Waals surface area contributed by atoms with Crippen LogP contribution in [0.1, 0.15) is 38.1 Å². The van der Waals surface area contributed by atoms with Gasteiger partial charge >= 0.3 is 5.97 Å². The van der Waals surface area contributed by atoms with E-state index in [-0.39, 0.29) is 11.9 Å². The molecule has 1 aromatic rings. The van der Waals surface area contributed by atoms with Gasteiger partial charge in [0.1, 0.15) is 0 Å². The molecule has 0 amide bonds. The summed E-state index contributed by atoms with van der Waals surface area (Å²) in [5.41, 5.74) is 2.21. The summed E-state index contributed by atoms with van der Waals surface area (Å²) in [4.78, 5) is 14.2. The predicted molar refractivity (Wildman–Crippen MR) is 85.0 cm³/mol. The highest BCUT2D eigenvalue weighted by atomic mass is 79.9. The van der Waals surface area contributed by atoms with Gasteiger partial charge in [-0.2, -0.15) is 5.10 Å². The Hall–Kier alpha value is -0.880. The van der Waals surface area contributed by atoms with E-state index < -0.39 is 0 Å². The summed E-state index contributed by atoms with van der Waals surface area (Å²) in [5, 5.41) is 4.53. The van der Waals surface area contributed by atoms with Crippen molar-refractivity contribution in [3.8, 4) is 0 Å². The molecule has 0 aliphatic carbocycles. The van der Waals surface area contributed by atoms with Crippen molar-refractivity contribution in [2.75, 3.05) is 19.7 Å². The zero-order chi connectivity index (χ0) is 15.4. The molecular weight excluding hydrogens is 334 g/mol. The molecule has 1 unspecified atom stereocenters. The number of piperidine rings is 1. The fourth-order valence-electron chi connectivity index (χ4n) is 2.88. The quantitative estimate of drug-likeness (QED) is 0.760. The smallest absolute Gasteiger partial charge is 0.310 e. The highest BCUT2D eigenvalue weighted by Crippen LogP contribution is 2.25. The molecule has 6 heteroatoms. The van der Waals surface area contributed by atoms with E-state index in [0.717, 1.165) is 49.2 Å². The van der Waals surface area contributed by atoms with Crippen molar-refractivity contribution < 1.29 is 9.53 Å². The number of aromatic nitrogens is 2. The molecule has 0 N–H and O–H groups in total. The highest BCUT2D eigenvalue weighted by Gasteiger charge is 2.28. The Labute approximate surface area is 134 Å². The van der Waals surface area contributed by atoms with Crippen molar-refractivity contribution in [2.45, 2.75) is 46.7 Å². The minimum absolute atomic E-state index is 0.0107. The molecule has 21 heavy (non-hydrogen) atoms. The number of halogens is 1. The highest BCUT2D eigenvalue weighted by molar-refractivity contribution is 9.10. The number of carbonyl (C=O) groups excluding carboxylic acids is 1. The van der Waals surface area contributed by atoms with Crippen LogP contribution in [0.5, 0.6) is 0 Å². The van der Waals surface area contributed by atoms with Gasteiger partial charge in [0.25, 0.3) is 0 Å². The molecule has 2 rings (SSSR count). The van der Waals surface area contributed by atoms with E-state index in [1.807, 2.05) is 18.5 Å². The molecule has 0 bridgehead atoms. The summed E-state index contributed by atoms with van der Waals surface area (Å²) < 4.78 is 8.28. The number of aryl methyl sites for hydroxylation is 2. The summed E-state index contributed by atoms with van der Waals surface area (Å²) in [6, 6.07) is 0. The zero-order valence-corrected chi connectivity index (χ0v) is 14.6. The number of likely N-dealkylation sites (tertiary alicyclic amines) is 1. The standard InChI is InChI=1S/C15H24BrN3O2/c1-4-19-13(14(16)11(3)17-19)10-18-8-6-7-12(9-18)15(20)21-5-2/h12H,4-10H2,1-3H3. The maximum absolute atomic E-state index is 11.9. The van der Waals surface area contributed by atoms with Gasteiger partial charge < -0.3 is 4.74 Å². The second-order valence-corrected chi connectivity index (χ2v) is 6.28. The van der Waals surface area contributed by atoms with Crippen molar-refractivity contribution in [2.24, 2.45) is 5.92 Å². The third kappa shape index (κ3) is 3.86. The van der Waals surface area contributed by atoms with E-state index in [9.17, 15) is 4.79 Å². The summed E-state index contributed by atoms with van der Waals surface area (Å²) in [7, 11) is 0. The lowest BCUT2D eigenvalue weighted by Crippen LogP contribution is -2.39. The van der Waals surface area contributed by atoms with Gasteiger partial charge in [-0.3, -0.25) is 14.4 Å². The summed E-state index contributed by atoms with van der Waals surface area (Å²) in [5.74, 6) is -0.0435. The summed E-state index contributed by atoms with van der Waals surface area (Å²) >= 11 is 3.64. The van der Waals surface area contributed by atoms with Crippen LogP contribution in [-0.4, -0.2) is 40.3 Å². The molecule has 1 aliphatic heterocycles. The maximum Gasteiger partial charge on any atom is 0.310 e. The summed E-state index contributed by atoms with van der Waals surface area (Å²) in [6.07, 6.45) is 1.98. The first-order valence-corrected chi connectivity index (χ1v) is 8.46. The van der Waals surface area contributed by atoms with E-state index >= 15 is 0 Å². The lowest BCUT2D eigenvalue weighted by atomic mass is 9.98. The SMILES string of the molecule is CCOC(=O)C1CCCN(Cc2c(Br)c(C)nn2CC)C1. The second-order valence-electron chi connectivity index (χ2n) is 5.49. The molecular formula is C15H24BrN3O2. The van der Waals surface area contributed by atoms with Crippen LogP contribution in [0.25, 0.3) is 0 Å². The number of hydrogen-bond donors (Lipinski definition) is 0. The van der Waals surface area contributed by atoms with Crippen molar-refractivity contribution >= 4 is 21.9 Å². The molecule has 0 saturated carbocycles. The van der Waals surface area contributed by atoms with Crippen molar-refractivity contribution in [3.05, 3.63) is 15.9 Å². The normalized spacial score (nSPS) is 19.7. The first kappa shape index (κ1) is 16.5. The lowest BCUT2D eigenvalue weighted by Gasteiger charge is -2.31. The fourth-order valence-corrected chi connectivity index (χ4v) is 3.29. The minimum Gasteiger partial charge on any atom is -0.466 e. The van der Waals surface area contributed by atoms with Gasteiger partial charge in [0, 0.05) is 19.6 Å². The topological polar surface area (TPSA) is 47.4 Å². The monoisotopic (exact) mass is 357 g/mol. The van der Waals surface area contributed by atoms with Crippen LogP contribution in [0.3, 0.4) is 0 Å². The molecule has 0 aromatic carbocycles. The average Bonchev–Trinajstić information content (AvgIpc) is 2.75. The van der Waals surface area contributed by atoms with Crippen LogP contribution in [0.4, 0.5) is 0 Å². The molecule has 1 fully saturated rings. The second kappa shape index (κ2) is 7.40. The first-order valence-electron chi connectivity index (χ1n) is 7.67. The van der Waals surface area contributed by atoms with E-state index in [1.165, 1.54) is 5.69 Å². The Morgan fingerprint density at radius 2 is 2.24 bits per heavy atom. The number of hydrogen-bond acceptors (Lipinski definition) is 4. The minimum atomic E-state index is -0.0542. The van der Waals surface area contributed by atoms with E-state index in [2.05, 4.69) is 32.9 Å². The van der Waals surface area contributed by atoms with Gasteiger partial charge in [0.15, 0.2) is 0 Å². The van der Waals surface area contributed by atoms with Crippen LogP contribution in [0, 0.1) is 12.8 Å². The number of esters is 1. The van der Waals surface area contributed by atoms with Gasteiger partial charge in [0.05, 0.1) is 28.4 Å². The molecule has 1 saturated heterocycles. The molecule has 0 spiro atoms. The number of carbonyl (C=O) groups is 1. The number of nitrogens with zero attached hydrogens (tertiary/aromatic N) is 3. The Bertz CT molecular complexity index is 501. The van der Waals surface area contributed by atoms with E-state index in [0.29, 0.717) is 6.61 Å². The lowest BCUT2D eigenvalue weighted by molar-refractivity contribution is -0.150. The molecule has 1 atom stereocenters. The third-order valence-corrected chi connectivity index (χ3v) is 4.98. The van der Waals surface area contributed by atoms with Gasteiger partial charge in [-0.25, -0.2) is 0 Å². The molecule has 118 valence electrons. The van der Waals surface area contributed by atoms with E-state index in [1.54, 1.807) is 0 Å². The molecule has 1 aromatic heterocycles. The Morgan fingerprint density at radius 1 is 1.48 bits per heavy atom. The van der Waals surface area contributed by atoms with Gasteiger partial charge in [-0.1, -0.05) is 0 Å². The third-order valence-electron chi connectivity index (χ3n) is 3.95. The summed E-state index contributed by atoms with van der Waals surface area (Å²) in [6.45, 7) is 9.91. The molecule has 1 aliphatic rings. The van der Waals surface area contributed by atoms with Crippen LogP contribution in [0.15, 0.2) is 4.47 Å². The fraction of sp³-hybridized carbons (Fsp3) is 0.733. The zero-order valence-electron chi connectivity index (χ0n) is 13.1. The largest absolute Gasteiger partial charge is 0.466 e. The molecule has 0 radical (unpaired) electrons. The van der Waals surface area contributed by atoms with Gasteiger partial charge in [-0.15, -0.1) is 0 Å². The molecule has 5 nitrogen and oxygen atoms in total. The van der Waals surface area contributed by atoms with Gasteiger partial charge in [0.2, 0.25) is 0 Å². The van der Waals surface area contributed by atoms with E-state index in [4.69, 9.17) is 4.74 Å². The Balaban J connectivity index is 2.04. The van der Waals surface area contributed by atoms with Crippen LogP contribution >= 0.6 is 15.9 Å². The van der Waals surface area contributed by atoms with Crippen molar-refractivity contribution in [3.63, 3.8) is 0 Å². The average molecular weight is 358 g/mol. The van der Waals surface area contributed by atoms with Crippen LogP contribution in [-0.2, 0) is 22.6 Å². The van der Waals surface area contributed by atoms with Crippen molar-refractivity contribution in [1.82, 2.24) is 14.7 Å². The number of rotatable bonds is 5. The number of ether oxygens (including phenoxy) is 1. The maximum atomic E-state index is 11.9. The van der Waals surface area contributed by atoms with Crippen molar-refractivity contribution in [1.29, 1.82) is 0 Å². The molecule has 2 heterocycles. The predicted octanol–water partition coefficient (Wildman–Crippen LogP) is 2.75. The Kier molecular flexibility index (Phi) is 5.81. The van der Waals surface area contributed by atoms with Crippen LogP contribution in [0.2, 0.25) is 0 Å².